The maximum absolute atomic E-state index is 11.6. The minimum atomic E-state index is -0.301. The van der Waals surface area contributed by atoms with E-state index in [-0.39, 0.29) is 11.5 Å². The summed E-state index contributed by atoms with van der Waals surface area (Å²) in [5.74, 6) is 0.792. The molecular formula is C12H12N6O. The van der Waals surface area contributed by atoms with E-state index in [1.54, 1.807) is 12.4 Å². The van der Waals surface area contributed by atoms with E-state index in [9.17, 15) is 4.79 Å². The van der Waals surface area contributed by atoms with Gasteiger partial charge in [-0.3, -0.25) is 14.8 Å². The number of H-pyrrole nitrogens is 2. The summed E-state index contributed by atoms with van der Waals surface area (Å²) >= 11 is 0. The van der Waals surface area contributed by atoms with Crippen LogP contribution < -0.4 is 11.3 Å². The maximum atomic E-state index is 11.6. The number of aryl methyl sites for hydroxylation is 2. The molecule has 0 aliphatic carbocycles. The van der Waals surface area contributed by atoms with Crippen molar-refractivity contribution in [3.05, 3.63) is 46.3 Å². The van der Waals surface area contributed by atoms with Crippen molar-refractivity contribution in [1.29, 1.82) is 0 Å². The van der Waals surface area contributed by atoms with Gasteiger partial charge in [-0.1, -0.05) is 0 Å². The third-order valence-electron chi connectivity index (χ3n) is 2.83. The van der Waals surface area contributed by atoms with E-state index < -0.39 is 0 Å². The molecule has 3 aromatic rings. The molecule has 4 N–H and O–H groups in total. The third kappa shape index (κ3) is 2.30. The van der Waals surface area contributed by atoms with Gasteiger partial charge >= 0.3 is 0 Å². The summed E-state index contributed by atoms with van der Waals surface area (Å²) in [5.41, 5.74) is 7.05. The number of rotatable bonds is 3. The fraction of sp³-hybridized carbons (Fsp3) is 0.167. The standard InChI is InChI=1S/C12H12N6O/c13-12-17-10-9(11(19)18-12)15-8(16-10)2-1-7-3-5-14-6-4-7/h3-6H,1-2H2,(H4,13,15,16,17,18,19). The fourth-order valence-electron chi connectivity index (χ4n) is 1.90. The molecule has 0 saturated carbocycles. The Hall–Kier alpha value is -2.70. The monoisotopic (exact) mass is 256 g/mol. The van der Waals surface area contributed by atoms with Crippen molar-refractivity contribution in [2.45, 2.75) is 12.8 Å². The van der Waals surface area contributed by atoms with Gasteiger partial charge in [-0.05, 0) is 24.1 Å². The van der Waals surface area contributed by atoms with Crippen molar-refractivity contribution in [3.8, 4) is 0 Å². The summed E-state index contributed by atoms with van der Waals surface area (Å²) in [6.45, 7) is 0. The molecule has 19 heavy (non-hydrogen) atoms. The molecule has 3 heterocycles. The van der Waals surface area contributed by atoms with E-state index in [4.69, 9.17) is 5.73 Å². The lowest BCUT2D eigenvalue weighted by Gasteiger charge is -1.97. The molecule has 0 amide bonds. The van der Waals surface area contributed by atoms with Gasteiger partial charge in [0, 0.05) is 18.8 Å². The first-order chi connectivity index (χ1) is 9.22. The molecule has 0 fully saturated rings. The number of nitrogen functional groups attached to an aromatic ring is 1. The van der Waals surface area contributed by atoms with Crippen LogP contribution in [0.3, 0.4) is 0 Å². The first-order valence-corrected chi connectivity index (χ1v) is 5.85. The first-order valence-electron chi connectivity index (χ1n) is 5.85. The Balaban J connectivity index is 1.86. The van der Waals surface area contributed by atoms with Gasteiger partial charge in [0.05, 0.1) is 0 Å². The van der Waals surface area contributed by atoms with Gasteiger partial charge in [0.25, 0.3) is 5.56 Å². The van der Waals surface area contributed by atoms with Crippen molar-refractivity contribution < 1.29 is 0 Å². The Morgan fingerprint density at radius 1 is 1.11 bits per heavy atom. The van der Waals surface area contributed by atoms with Gasteiger partial charge in [0.2, 0.25) is 5.95 Å². The van der Waals surface area contributed by atoms with Gasteiger partial charge in [-0.25, -0.2) is 4.98 Å². The molecule has 0 unspecified atom stereocenters. The van der Waals surface area contributed by atoms with Crippen LogP contribution in [0.15, 0.2) is 29.3 Å². The largest absolute Gasteiger partial charge is 0.369 e. The molecule has 0 aromatic carbocycles. The van der Waals surface area contributed by atoms with Crippen molar-refractivity contribution in [3.63, 3.8) is 0 Å². The molecule has 0 spiro atoms. The number of imidazole rings is 1. The minimum Gasteiger partial charge on any atom is -0.369 e. The molecule has 0 radical (unpaired) electrons. The Kier molecular flexibility index (Phi) is 2.71. The number of nitrogens with zero attached hydrogens (tertiary/aromatic N) is 3. The van der Waals surface area contributed by atoms with Crippen molar-refractivity contribution in [1.82, 2.24) is 24.9 Å². The number of nitrogens with one attached hydrogen (secondary N) is 2. The van der Waals surface area contributed by atoms with Crippen LogP contribution in [0.2, 0.25) is 0 Å². The van der Waals surface area contributed by atoms with E-state index in [2.05, 4.69) is 24.9 Å². The van der Waals surface area contributed by atoms with Gasteiger partial charge in [-0.2, -0.15) is 4.98 Å². The minimum absolute atomic E-state index is 0.0738. The van der Waals surface area contributed by atoms with E-state index >= 15 is 0 Å². The van der Waals surface area contributed by atoms with Crippen molar-refractivity contribution in [2.24, 2.45) is 0 Å². The zero-order chi connectivity index (χ0) is 13.2. The molecule has 0 bridgehead atoms. The highest BCUT2D eigenvalue weighted by Gasteiger charge is 2.08. The molecule has 0 atom stereocenters. The van der Waals surface area contributed by atoms with E-state index in [1.165, 1.54) is 0 Å². The van der Waals surface area contributed by atoms with Crippen LogP contribution in [0.1, 0.15) is 11.4 Å². The molecule has 7 nitrogen and oxygen atoms in total. The quantitative estimate of drug-likeness (QED) is 0.628. The predicted octanol–water partition coefficient (Wildman–Crippen LogP) is 0.409. The number of fused-ring (bicyclic) bond motifs is 1. The summed E-state index contributed by atoms with van der Waals surface area (Å²) in [5, 5.41) is 0. The van der Waals surface area contributed by atoms with Crippen LogP contribution in [0, 0.1) is 0 Å². The van der Waals surface area contributed by atoms with Crippen LogP contribution >= 0.6 is 0 Å². The molecule has 3 aromatic heterocycles. The number of anilines is 1. The maximum Gasteiger partial charge on any atom is 0.278 e. The smallest absolute Gasteiger partial charge is 0.278 e. The van der Waals surface area contributed by atoms with Gasteiger partial charge < -0.3 is 10.7 Å². The molecule has 3 rings (SSSR count). The lowest BCUT2D eigenvalue weighted by Crippen LogP contribution is -2.10. The summed E-state index contributed by atoms with van der Waals surface area (Å²) in [7, 11) is 0. The molecule has 0 aliphatic rings. The number of pyridine rings is 1. The topological polar surface area (TPSA) is 113 Å². The molecule has 0 aliphatic heterocycles. The summed E-state index contributed by atoms with van der Waals surface area (Å²) in [6.07, 6.45) is 5.01. The number of aromatic amines is 2. The SMILES string of the molecule is Nc1nc2nc(CCc3ccncc3)[nH]c2c(=O)[nH]1. The van der Waals surface area contributed by atoms with Crippen LogP contribution in [0.25, 0.3) is 11.2 Å². The van der Waals surface area contributed by atoms with E-state index in [0.29, 0.717) is 17.6 Å². The zero-order valence-corrected chi connectivity index (χ0v) is 10.1. The van der Waals surface area contributed by atoms with Crippen LogP contribution in [-0.4, -0.2) is 24.9 Å². The van der Waals surface area contributed by atoms with Crippen LogP contribution in [0.5, 0.6) is 0 Å². The highest BCUT2D eigenvalue weighted by molar-refractivity contribution is 5.70. The molecule has 0 saturated heterocycles. The Labute approximate surface area is 107 Å². The molecule has 96 valence electrons. The number of nitrogens with two attached hydrogens (primary N) is 1. The number of hydrogen-bond acceptors (Lipinski definition) is 5. The van der Waals surface area contributed by atoms with Crippen LogP contribution in [-0.2, 0) is 12.8 Å². The first kappa shape index (κ1) is 11.4. The second-order valence-corrected chi connectivity index (χ2v) is 4.19. The number of hydrogen-bond donors (Lipinski definition) is 3. The summed E-state index contributed by atoms with van der Waals surface area (Å²) in [4.78, 5) is 29.2. The third-order valence-corrected chi connectivity index (χ3v) is 2.83. The second-order valence-electron chi connectivity index (χ2n) is 4.19. The predicted molar refractivity (Wildman–Crippen MR) is 70.6 cm³/mol. The van der Waals surface area contributed by atoms with Gasteiger partial charge in [-0.15, -0.1) is 0 Å². The number of aromatic nitrogens is 5. The second kappa shape index (κ2) is 4.52. The highest BCUT2D eigenvalue weighted by atomic mass is 16.1. The average Bonchev–Trinajstić information content (AvgIpc) is 2.81. The van der Waals surface area contributed by atoms with Gasteiger partial charge in [0.15, 0.2) is 11.2 Å². The van der Waals surface area contributed by atoms with Crippen LogP contribution in [0.4, 0.5) is 5.95 Å². The lowest BCUT2D eigenvalue weighted by atomic mass is 10.1. The van der Waals surface area contributed by atoms with Crippen molar-refractivity contribution in [2.75, 3.05) is 5.73 Å². The summed E-state index contributed by atoms with van der Waals surface area (Å²) in [6, 6.07) is 3.90. The average molecular weight is 256 g/mol. The fourth-order valence-corrected chi connectivity index (χ4v) is 1.90. The Bertz CT molecular complexity index is 761. The Morgan fingerprint density at radius 3 is 2.68 bits per heavy atom. The molecule has 7 heteroatoms. The van der Waals surface area contributed by atoms with E-state index in [0.717, 1.165) is 17.8 Å². The Morgan fingerprint density at radius 2 is 1.89 bits per heavy atom. The highest BCUT2D eigenvalue weighted by Crippen LogP contribution is 2.08. The zero-order valence-electron chi connectivity index (χ0n) is 10.1. The lowest BCUT2D eigenvalue weighted by molar-refractivity contribution is 0.886. The van der Waals surface area contributed by atoms with Gasteiger partial charge in [0.1, 0.15) is 5.82 Å². The molecular weight excluding hydrogens is 244 g/mol. The summed E-state index contributed by atoms with van der Waals surface area (Å²) < 4.78 is 0. The van der Waals surface area contributed by atoms with E-state index in [1.807, 2.05) is 12.1 Å². The normalized spacial score (nSPS) is 10.9. The van der Waals surface area contributed by atoms with Crippen molar-refractivity contribution >= 4 is 17.1 Å².